The summed E-state index contributed by atoms with van der Waals surface area (Å²) in [6, 6.07) is 9.83. The zero-order valence-corrected chi connectivity index (χ0v) is 10.9. The van der Waals surface area contributed by atoms with Crippen molar-refractivity contribution in [3.8, 4) is 0 Å². The molecular formula is C15H16FNO2. The summed E-state index contributed by atoms with van der Waals surface area (Å²) in [6.45, 7) is 4.09. The van der Waals surface area contributed by atoms with Gasteiger partial charge in [0.15, 0.2) is 5.76 Å². The molecule has 2 aromatic rings. The Morgan fingerprint density at radius 3 is 2.63 bits per heavy atom. The van der Waals surface area contributed by atoms with Gasteiger partial charge in [0.05, 0.1) is 6.26 Å². The van der Waals surface area contributed by atoms with E-state index in [4.69, 9.17) is 4.42 Å². The molecule has 1 N–H and O–H groups in total. The molecule has 100 valence electrons. The van der Waals surface area contributed by atoms with Crippen LogP contribution >= 0.6 is 0 Å². The van der Waals surface area contributed by atoms with Gasteiger partial charge < -0.3 is 9.73 Å². The lowest BCUT2D eigenvalue weighted by Gasteiger charge is -2.25. The number of carbonyl (C=O) groups excluding carboxylic acids is 1. The second kappa shape index (κ2) is 5.26. The SMILES string of the molecule is CC(C)(CNC(=O)c1ccco1)c1ccccc1F. The number of hydrogen-bond donors (Lipinski definition) is 1. The lowest BCUT2D eigenvalue weighted by atomic mass is 9.84. The number of furan rings is 1. The highest BCUT2D eigenvalue weighted by Crippen LogP contribution is 2.24. The Labute approximate surface area is 111 Å². The Morgan fingerprint density at radius 2 is 2.00 bits per heavy atom. The fraction of sp³-hybridized carbons (Fsp3) is 0.267. The van der Waals surface area contributed by atoms with Crippen molar-refractivity contribution in [2.24, 2.45) is 0 Å². The van der Waals surface area contributed by atoms with E-state index in [1.807, 2.05) is 13.8 Å². The van der Waals surface area contributed by atoms with E-state index < -0.39 is 5.41 Å². The van der Waals surface area contributed by atoms with Gasteiger partial charge in [-0.05, 0) is 23.8 Å². The third-order valence-electron chi connectivity index (χ3n) is 3.04. The van der Waals surface area contributed by atoms with E-state index >= 15 is 0 Å². The summed E-state index contributed by atoms with van der Waals surface area (Å²) in [5, 5.41) is 2.75. The minimum absolute atomic E-state index is 0.254. The van der Waals surface area contributed by atoms with Gasteiger partial charge in [-0.1, -0.05) is 32.0 Å². The zero-order chi connectivity index (χ0) is 13.9. The predicted molar refractivity (Wildman–Crippen MR) is 70.5 cm³/mol. The molecule has 1 aromatic carbocycles. The smallest absolute Gasteiger partial charge is 0.287 e. The summed E-state index contributed by atoms with van der Waals surface area (Å²) < 4.78 is 18.8. The zero-order valence-electron chi connectivity index (χ0n) is 10.9. The molecule has 0 radical (unpaired) electrons. The van der Waals surface area contributed by atoms with Crippen LogP contribution in [0.5, 0.6) is 0 Å². The van der Waals surface area contributed by atoms with Crippen LogP contribution < -0.4 is 5.32 Å². The van der Waals surface area contributed by atoms with Crippen molar-refractivity contribution < 1.29 is 13.6 Å². The second-order valence-electron chi connectivity index (χ2n) is 5.02. The molecule has 4 heteroatoms. The van der Waals surface area contributed by atoms with Crippen LogP contribution in [-0.2, 0) is 5.41 Å². The summed E-state index contributed by atoms with van der Waals surface area (Å²) in [6.07, 6.45) is 1.44. The number of rotatable bonds is 4. The first-order valence-corrected chi connectivity index (χ1v) is 6.07. The summed E-state index contributed by atoms with van der Waals surface area (Å²) in [5.41, 5.74) is 0.0860. The molecule has 2 rings (SSSR count). The summed E-state index contributed by atoms with van der Waals surface area (Å²) in [7, 11) is 0. The van der Waals surface area contributed by atoms with Gasteiger partial charge in [0.25, 0.3) is 5.91 Å². The van der Waals surface area contributed by atoms with Crippen LogP contribution in [0.4, 0.5) is 4.39 Å². The van der Waals surface area contributed by atoms with Crippen LogP contribution in [-0.4, -0.2) is 12.5 Å². The Bertz CT molecular complexity index is 561. The topological polar surface area (TPSA) is 42.2 Å². The van der Waals surface area contributed by atoms with E-state index in [0.717, 1.165) is 0 Å². The average Bonchev–Trinajstić information content (AvgIpc) is 2.90. The molecule has 0 aliphatic carbocycles. The molecule has 0 fully saturated rings. The largest absolute Gasteiger partial charge is 0.459 e. The highest BCUT2D eigenvalue weighted by molar-refractivity contribution is 5.91. The highest BCUT2D eigenvalue weighted by Gasteiger charge is 2.25. The molecule has 0 aliphatic heterocycles. The Kier molecular flexibility index (Phi) is 3.69. The molecule has 1 amide bonds. The Balaban J connectivity index is 2.06. The van der Waals surface area contributed by atoms with E-state index in [2.05, 4.69) is 5.32 Å². The lowest BCUT2D eigenvalue weighted by Crippen LogP contribution is -2.37. The second-order valence-corrected chi connectivity index (χ2v) is 5.02. The van der Waals surface area contributed by atoms with Crippen LogP contribution in [0.3, 0.4) is 0 Å². The van der Waals surface area contributed by atoms with Crippen molar-refractivity contribution in [3.05, 3.63) is 59.8 Å². The highest BCUT2D eigenvalue weighted by atomic mass is 19.1. The van der Waals surface area contributed by atoms with E-state index in [-0.39, 0.29) is 17.5 Å². The minimum atomic E-state index is -0.492. The van der Waals surface area contributed by atoms with Crippen molar-refractivity contribution in [3.63, 3.8) is 0 Å². The summed E-state index contributed by atoms with van der Waals surface area (Å²) in [4.78, 5) is 11.8. The van der Waals surface area contributed by atoms with Crippen LogP contribution in [0, 0.1) is 5.82 Å². The van der Waals surface area contributed by atoms with Crippen molar-refractivity contribution >= 4 is 5.91 Å². The van der Waals surface area contributed by atoms with E-state index in [1.165, 1.54) is 12.3 Å². The summed E-state index contributed by atoms with van der Waals surface area (Å²) in [5.74, 6) is -0.307. The van der Waals surface area contributed by atoms with E-state index in [0.29, 0.717) is 12.1 Å². The van der Waals surface area contributed by atoms with Gasteiger partial charge in [-0.15, -0.1) is 0 Å². The molecule has 0 atom stereocenters. The van der Waals surface area contributed by atoms with Gasteiger partial charge in [0.1, 0.15) is 5.82 Å². The molecule has 0 saturated heterocycles. The molecule has 0 bridgehead atoms. The normalized spacial score (nSPS) is 11.3. The maximum Gasteiger partial charge on any atom is 0.287 e. The van der Waals surface area contributed by atoms with Gasteiger partial charge in [-0.25, -0.2) is 4.39 Å². The molecule has 1 heterocycles. The monoisotopic (exact) mass is 261 g/mol. The standard InChI is InChI=1S/C15H16FNO2/c1-15(2,11-6-3-4-7-12(11)16)10-17-14(18)13-8-5-9-19-13/h3-9H,10H2,1-2H3,(H,17,18). The lowest BCUT2D eigenvalue weighted by molar-refractivity contribution is 0.0917. The fourth-order valence-corrected chi connectivity index (χ4v) is 1.90. The first kappa shape index (κ1) is 13.3. The summed E-state index contributed by atoms with van der Waals surface area (Å²) >= 11 is 0. The number of carbonyl (C=O) groups is 1. The number of halogens is 1. The van der Waals surface area contributed by atoms with Crippen molar-refractivity contribution in [2.45, 2.75) is 19.3 Å². The van der Waals surface area contributed by atoms with Gasteiger partial charge in [-0.2, -0.15) is 0 Å². The molecular weight excluding hydrogens is 245 g/mol. The van der Waals surface area contributed by atoms with Gasteiger partial charge >= 0.3 is 0 Å². The van der Waals surface area contributed by atoms with Gasteiger partial charge in [-0.3, -0.25) is 4.79 Å². The van der Waals surface area contributed by atoms with Crippen LogP contribution in [0.2, 0.25) is 0 Å². The maximum atomic E-state index is 13.8. The number of nitrogens with one attached hydrogen (secondary N) is 1. The number of hydrogen-bond acceptors (Lipinski definition) is 2. The fourth-order valence-electron chi connectivity index (χ4n) is 1.90. The van der Waals surface area contributed by atoms with Crippen LogP contribution in [0.1, 0.15) is 30.0 Å². The number of amides is 1. The predicted octanol–water partition coefficient (Wildman–Crippen LogP) is 3.13. The van der Waals surface area contributed by atoms with Crippen LogP contribution in [0.25, 0.3) is 0 Å². The number of benzene rings is 1. The molecule has 0 unspecified atom stereocenters. The third-order valence-corrected chi connectivity index (χ3v) is 3.04. The molecule has 19 heavy (non-hydrogen) atoms. The Hall–Kier alpha value is -2.10. The van der Waals surface area contributed by atoms with Crippen molar-refractivity contribution in [1.29, 1.82) is 0 Å². The van der Waals surface area contributed by atoms with E-state index in [1.54, 1.807) is 30.3 Å². The molecule has 0 saturated carbocycles. The van der Waals surface area contributed by atoms with Crippen molar-refractivity contribution in [1.82, 2.24) is 5.32 Å². The molecule has 0 aliphatic rings. The van der Waals surface area contributed by atoms with Crippen LogP contribution in [0.15, 0.2) is 47.1 Å². The van der Waals surface area contributed by atoms with Gasteiger partial charge in [0, 0.05) is 12.0 Å². The van der Waals surface area contributed by atoms with Gasteiger partial charge in [0.2, 0.25) is 0 Å². The first-order valence-electron chi connectivity index (χ1n) is 6.07. The molecule has 0 spiro atoms. The first-order chi connectivity index (χ1) is 9.00. The maximum absolute atomic E-state index is 13.8. The Morgan fingerprint density at radius 1 is 1.26 bits per heavy atom. The third kappa shape index (κ3) is 3.02. The van der Waals surface area contributed by atoms with Crippen molar-refractivity contribution in [2.75, 3.05) is 6.54 Å². The van der Waals surface area contributed by atoms with E-state index in [9.17, 15) is 9.18 Å². The quantitative estimate of drug-likeness (QED) is 0.918. The minimum Gasteiger partial charge on any atom is -0.459 e. The molecule has 1 aromatic heterocycles. The molecule has 3 nitrogen and oxygen atoms in total. The average molecular weight is 261 g/mol.